The molecule has 118 valence electrons. The maximum Gasteiger partial charge on any atom is 0.336 e. The molecule has 0 spiro atoms. The second kappa shape index (κ2) is 6.09. The summed E-state index contributed by atoms with van der Waals surface area (Å²) in [7, 11) is 0. The molecule has 1 heterocycles. The zero-order valence-corrected chi connectivity index (χ0v) is 14.1. The molecular formula is C19H18ClNO2. The molecule has 0 atom stereocenters. The summed E-state index contributed by atoms with van der Waals surface area (Å²) < 4.78 is 5.40. The lowest BCUT2D eigenvalue weighted by Gasteiger charge is -2.12. The van der Waals surface area contributed by atoms with Crippen LogP contribution in [0.4, 0.5) is 5.69 Å². The van der Waals surface area contributed by atoms with Crippen molar-refractivity contribution >= 4 is 28.3 Å². The van der Waals surface area contributed by atoms with Crippen LogP contribution in [0.2, 0.25) is 5.02 Å². The Kier molecular flexibility index (Phi) is 4.14. The summed E-state index contributed by atoms with van der Waals surface area (Å²) in [5, 5.41) is 5.00. The zero-order valence-electron chi connectivity index (χ0n) is 13.4. The van der Waals surface area contributed by atoms with E-state index in [4.69, 9.17) is 16.0 Å². The average Bonchev–Trinajstić information content (AvgIpc) is 2.52. The molecule has 2 aromatic carbocycles. The summed E-state index contributed by atoms with van der Waals surface area (Å²) in [5.74, 6) is 0. The van der Waals surface area contributed by atoms with Crippen LogP contribution in [0, 0.1) is 20.8 Å². The minimum Gasteiger partial charge on any atom is -0.422 e. The topological polar surface area (TPSA) is 42.2 Å². The normalized spacial score (nSPS) is 11.0. The molecule has 0 aliphatic heterocycles. The van der Waals surface area contributed by atoms with Gasteiger partial charge in [0.05, 0.1) is 0 Å². The first kappa shape index (κ1) is 15.6. The Hall–Kier alpha value is -2.26. The summed E-state index contributed by atoms with van der Waals surface area (Å²) in [5.41, 5.74) is 5.43. The molecule has 0 amide bonds. The monoisotopic (exact) mass is 327 g/mol. The Morgan fingerprint density at radius 3 is 2.57 bits per heavy atom. The highest BCUT2D eigenvalue weighted by Crippen LogP contribution is 2.25. The fraction of sp³-hybridized carbons (Fsp3) is 0.211. The van der Waals surface area contributed by atoms with E-state index in [9.17, 15) is 4.79 Å². The van der Waals surface area contributed by atoms with Crippen molar-refractivity contribution in [3.8, 4) is 0 Å². The molecule has 23 heavy (non-hydrogen) atoms. The van der Waals surface area contributed by atoms with Crippen molar-refractivity contribution < 1.29 is 4.42 Å². The SMILES string of the molecule is Cc1ccc(Cl)cc1NCc1cc(=O)oc2c(C)c(C)ccc12. The van der Waals surface area contributed by atoms with E-state index < -0.39 is 0 Å². The first-order valence-corrected chi connectivity index (χ1v) is 7.86. The molecule has 4 heteroatoms. The number of hydrogen-bond donors (Lipinski definition) is 1. The van der Waals surface area contributed by atoms with Crippen LogP contribution in [0.5, 0.6) is 0 Å². The molecule has 3 aromatic rings. The molecular weight excluding hydrogens is 310 g/mol. The molecule has 0 fully saturated rings. The molecule has 1 N–H and O–H groups in total. The summed E-state index contributed by atoms with van der Waals surface area (Å²) >= 11 is 6.05. The van der Waals surface area contributed by atoms with Crippen LogP contribution in [-0.2, 0) is 6.54 Å². The van der Waals surface area contributed by atoms with Gasteiger partial charge in [-0.15, -0.1) is 0 Å². The summed E-state index contributed by atoms with van der Waals surface area (Å²) in [6.45, 7) is 6.53. The second-order valence-electron chi connectivity index (χ2n) is 5.79. The molecule has 0 saturated carbocycles. The van der Waals surface area contributed by atoms with Gasteiger partial charge in [0.25, 0.3) is 0 Å². The highest BCUT2D eigenvalue weighted by Gasteiger charge is 2.10. The van der Waals surface area contributed by atoms with Crippen LogP contribution in [0.15, 0.2) is 45.6 Å². The van der Waals surface area contributed by atoms with Crippen molar-refractivity contribution in [2.75, 3.05) is 5.32 Å². The molecule has 0 unspecified atom stereocenters. The van der Waals surface area contributed by atoms with Gasteiger partial charge >= 0.3 is 5.63 Å². The summed E-state index contributed by atoms with van der Waals surface area (Å²) in [4.78, 5) is 11.9. The first-order valence-electron chi connectivity index (χ1n) is 7.48. The maximum atomic E-state index is 11.9. The smallest absolute Gasteiger partial charge is 0.336 e. The highest BCUT2D eigenvalue weighted by atomic mass is 35.5. The third kappa shape index (κ3) is 3.10. The quantitative estimate of drug-likeness (QED) is 0.689. The number of benzene rings is 2. The van der Waals surface area contributed by atoms with E-state index in [0.717, 1.165) is 33.3 Å². The van der Waals surface area contributed by atoms with Gasteiger partial charge in [-0.2, -0.15) is 0 Å². The van der Waals surface area contributed by atoms with Gasteiger partial charge in [0, 0.05) is 28.7 Å². The van der Waals surface area contributed by atoms with Crippen LogP contribution < -0.4 is 10.9 Å². The van der Waals surface area contributed by atoms with Crippen LogP contribution >= 0.6 is 11.6 Å². The van der Waals surface area contributed by atoms with E-state index in [1.165, 1.54) is 0 Å². The number of anilines is 1. The third-order valence-electron chi connectivity index (χ3n) is 4.19. The predicted octanol–water partition coefficient (Wildman–Crippen LogP) is 4.98. The van der Waals surface area contributed by atoms with E-state index in [0.29, 0.717) is 17.2 Å². The van der Waals surface area contributed by atoms with Crippen molar-refractivity contribution in [3.05, 3.63) is 74.1 Å². The number of aryl methyl sites for hydroxylation is 3. The molecule has 0 radical (unpaired) electrons. The molecule has 0 aliphatic carbocycles. The van der Waals surface area contributed by atoms with Gasteiger partial charge in [-0.05, 0) is 55.2 Å². The predicted molar refractivity (Wildman–Crippen MR) is 95.5 cm³/mol. The lowest BCUT2D eigenvalue weighted by Crippen LogP contribution is -2.07. The van der Waals surface area contributed by atoms with E-state index in [1.807, 2.05) is 51.1 Å². The number of nitrogens with one attached hydrogen (secondary N) is 1. The Morgan fingerprint density at radius 1 is 1.04 bits per heavy atom. The Balaban J connectivity index is 2.02. The number of rotatable bonds is 3. The van der Waals surface area contributed by atoms with Gasteiger partial charge in [-0.25, -0.2) is 4.79 Å². The third-order valence-corrected chi connectivity index (χ3v) is 4.42. The van der Waals surface area contributed by atoms with E-state index in [2.05, 4.69) is 5.32 Å². The maximum absolute atomic E-state index is 11.9. The van der Waals surface area contributed by atoms with Crippen LogP contribution in [0.25, 0.3) is 11.0 Å². The first-order chi connectivity index (χ1) is 11.0. The zero-order chi connectivity index (χ0) is 16.6. The van der Waals surface area contributed by atoms with Crippen LogP contribution in [-0.4, -0.2) is 0 Å². The van der Waals surface area contributed by atoms with E-state index in [1.54, 1.807) is 6.07 Å². The van der Waals surface area contributed by atoms with E-state index in [-0.39, 0.29) is 5.63 Å². The summed E-state index contributed by atoms with van der Waals surface area (Å²) in [6, 6.07) is 11.3. The van der Waals surface area contributed by atoms with Crippen molar-refractivity contribution in [3.63, 3.8) is 0 Å². The molecule has 3 nitrogen and oxygen atoms in total. The Labute approximate surface area is 139 Å². The number of fused-ring (bicyclic) bond motifs is 1. The number of halogens is 1. The Morgan fingerprint density at radius 2 is 1.78 bits per heavy atom. The fourth-order valence-corrected chi connectivity index (χ4v) is 2.82. The standard InChI is InChI=1S/C19H18ClNO2/c1-11-5-7-16-14(8-18(22)23-19(16)13(11)3)10-21-17-9-15(20)6-4-12(17)2/h4-9,21H,10H2,1-3H3. The van der Waals surface area contributed by atoms with Crippen LogP contribution in [0.1, 0.15) is 22.3 Å². The minimum atomic E-state index is -0.328. The fourth-order valence-electron chi connectivity index (χ4n) is 2.65. The largest absolute Gasteiger partial charge is 0.422 e. The number of hydrogen-bond acceptors (Lipinski definition) is 3. The lowest BCUT2D eigenvalue weighted by molar-refractivity contribution is 0.556. The molecule has 3 rings (SSSR count). The molecule has 0 bridgehead atoms. The van der Waals surface area contributed by atoms with Gasteiger partial charge in [0.1, 0.15) is 5.58 Å². The molecule has 1 aromatic heterocycles. The highest BCUT2D eigenvalue weighted by molar-refractivity contribution is 6.30. The van der Waals surface area contributed by atoms with Crippen molar-refractivity contribution in [2.24, 2.45) is 0 Å². The molecule has 0 saturated heterocycles. The lowest BCUT2D eigenvalue weighted by atomic mass is 10.0. The van der Waals surface area contributed by atoms with Crippen LogP contribution in [0.3, 0.4) is 0 Å². The molecule has 0 aliphatic rings. The van der Waals surface area contributed by atoms with Crippen molar-refractivity contribution in [1.82, 2.24) is 0 Å². The summed E-state index contributed by atoms with van der Waals surface area (Å²) in [6.07, 6.45) is 0. The Bertz CT molecular complexity index is 944. The van der Waals surface area contributed by atoms with Gasteiger partial charge in [-0.1, -0.05) is 29.8 Å². The second-order valence-corrected chi connectivity index (χ2v) is 6.22. The van der Waals surface area contributed by atoms with Gasteiger partial charge in [-0.3, -0.25) is 0 Å². The van der Waals surface area contributed by atoms with Crippen molar-refractivity contribution in [2.45, 2.75) is 27.3 Å². The van der Waals surface area contributed by atoms with Gasteiger partial charge in [0.2, 0.25) is 0 Å². The van der Waals surface area contributed by atoms with Gasteiger partial charge in [0.15, 0.2) is 0 Å². The van der Waals surface area contributed by atoms with Gasteiger partial charge < -0.3 is 9.73 Å². The van der Waals surface area contributed by atoms with Crippen molar-refractivity contribution in [1.29, 1.82) is 0 Å². The average molecular weight is 328 g/mol. The van der Waals surface area contributed by atoms with E-state index >= 15 is 0 Å². The minimum absolute atomic E-state index is 0.328.